The third-order valence-corrected chi connectivity index (χ3v) is 3.70. The summed E-state index contributed by atoms with van der Waals surface area (Å²) in [6.07, 6.45) is 0.718. The average molecular weight is 213 g/mol. The second kappa shape index (κ2) is 4.28. The molecule has 0 aliphatic carbocycles. The monoisotopic (exact) mass is 213 g/mol. The molecule has 1 rings (SSSR count). The number of nitrogens with one attached hydrogen (secondary N) is 1. The molecule has 2 unspecified atom stereocenters. The van der Waals surface area contributed by atoms with Crippen LogP contribution in [0.15, 0.2) is 0 Å². The van der Waals surface area contributed by atoms with Crippen LogP contribution in [0.4, 0.5) is 0 Å². The lowest BCUT2D eigenvalue weighted by Gasteiger charge is -2.44. The van der Waals surface area contributed by atoms with Crippen molar-refractivity contribution < 1.29 is 9.59 Å². The van der Waals surface area contributed by atoms with Crippen LogP contribution >= 0.6 is 0 Å². The molecular formula is C10H19N3O2. The van der Waals surface area contributed by atoms with Crippen molar-refractivity contribution in [2.45, 2.75) is 20.3 Å². The Morgan fingerprint density at radius 3 is 1.87 bits per heavy atom. The molecule has 2 atom stereocenters. The molecule has 5 heteroatoms. The third kappa shape index (κ3) is 1.77. The summed E-state index contributed by atoms with van der Waals surface area (Å²) in [5.41, 5.74) is 10.8. The highest BCUT2D eigenvalue weighted by molar-refractivity contribution is 6.01. The van der Waals surface area contributed by atoms with Crippen LogP contribution in [0.5, 0.6) is 0 Å². The highest BCUT2D eigenvalue weighted by Gasteiger charge is 2.49. The minimum absolute atomic E-state index is 0.250. The van der Waals surface area contributed by atoms with Crippen molar-refractivity contribution in [2.75, 3.05) is 13.1 Å². The number of piperidine rings is 1. The molecule has 5 N–H and O–H groups in total. The highest BCUT2D eigenvalue weighted by Crippen LogP contribution is 2.41. The normalized spacial score (nSPS) is 36.5. The van der Waals surface area contributed by atoms with E-state index in [0.29, 0.717) is 0 Å². The van der Waals surface area contributed by atoms with Crippen LogP contribution in [-0.2, 0) is 9.59 Å². The zero-order valence-electron chi connectivity index (χ0n) is 9.25. The fraction of sp³-hybridized carbons (Fsp3) is 0.800. The van der Waals surface area contributed by atoms with Gasteiger partial charge in [-0.05, 0) is 11.8 Å². The molecule has 1 aliphatic heterocycles. The van der Waals surface area contributed by atoms with Crippen LogP contribution < -0.4 is 16.8 Å². The Morgan fingerprint density at radius 1 is 1.20 bits per heavy atom. The minimum atomic E-state index is -0.414. The average Bonchev–Trinajstić information content (AvgIpc) is 2.18. The van der Waals surface area contributed by atoms with E-state index in [1.807, 2.05) is 13.8 Å². The number of nitrogens with two attached hydrogens (primary N) is 2. The largest absolute Gasteiger partial charge is 0.330 e. The van der Waals surface area contributed by atoms with E-state index < -0.39 is 5.41 Å². The maximum atomic E-state index is 11.6. The summed E-state index contributed by atoms with van der Waals surface area (Å²) in [5, 5.41) is 2.33. The number of rotatable bonds is 3. The molecule has 1 fully saturated rings. The lowest BCUT2D eigenvalue weighted by Crippen LogP contribution is -2.60. The first kappa shape index (κ1) is 12.1. The Labute approximate surface area is 89.6 Å². The van der Waals surface area contributed by atoms with Gasteiger partial charge in [-0.2, -0.15) is 0 Å². The number of carbonyl (C=O) groups is 2. The molecule has 0 bridgehead atoms. The van der Waals surface area contributed by atoms with Crippen molar-refractivity contribution >= 4 is 11.8 Å². The van der Waals surface area contributed by atoms with Crippen molar-refractivity contribution in [3.63, 3.8) is 0 Å². The van der Waals surface area contributed by atoms with Gasteiger partial charge in [0.2, 0.25) is 11.8 Å². The quantitative estimate of drug-likeness (QED) is 0.535. The van der Waals surface area contributed by atoms with Gasteiger partial charge in [-0.15, -0.1) is 0 Å². The number of hydrogen-bond donors (Lipinski definition) is 3. The van der Waals surface area contributed by atoms with Crippen LogP contribution in [0, 0.1) is 17.3 Å². The summed E-state index contributed by atoms with van der Waals surface area (Å²) in [4.78, 5) is 23.2. The lowest BCUT2D eigenvalue weighted by atomic mass is 9.63. The summed E-state index contributed by atoms with van der Waals surface area (Å²) in [5.74, 6) is -1.18. The zero-order chi connectivity index (χ0) is 11.6. The first-order valence-corrected chi connectivity index (χ1v) is 5.26. The van der Waals surface area contributed by atoms with Gasteiger partial charge in [-0.1, -0.05) is 13.8 Å². The molecule has 0 radical (unpaired) electrons. The van der Waals surface area contributed by atoms with E-state index in [4.69, 9.17) is 11.5 Å². The van der Waals surface area contributed by atoms with Crippen LogP contribution in [0.3, 0.4) is 0 Å². The fourth-order valence-electron chi connectivity index (χ4n) is 2.38. The van der Waals surface area contributed by atoms with E-state index >= 15 is 0 Å². The van der Waals surface area contributed by atoms with E-state index in [1.165, 1.54) is 0 Å². The lowest BCUT2D eigenvalue weighted by molar-refractivity contribution is -0.148. The first-order chi connectivity index (χ1) is 7.01. The van der Waals surface area contributed by atoms with Crippen molar-refractivity contribution in [1.29, 1.82) is 0 Å². The van der Waals surface area contributed by atoms with Crippen LogP contribution in [-0.4, -0.2) is 24.9 Å². The fourth-order valence-corrected chi connectivity index (χ4v) is 2.38. The standard InChI is InChI=1S/C10H19N3O2/c1-3-10(2)6(4-11)8(14)13-9(15)7(10)5-12/h6-7H,3-5,11-12H2,1-2H3,(H,13,14,15). The number of imide groups is 1. The molecule has 0 aromatic carbocycles. The van der Waals surface area contributed by atoms with E-state index in [0.717, 1.165) is 6.42 Å². The van der Waals surface area contributed by atoms with Crippen molar-refractivity contribution in [3.05, 3.63) is 0 Å². The van der Waals surface area contributed by atoms with Gasteiger partial charge < -0.3 is 11.5 Å². The Morgan fingerprint density at radius 2 is 1.60 bits per heavy atom. The molecule has 0 saturated carbocycles. The molecule has 1 heterocycles. The molecule has 0 spiro atoms. The van der Waals surface area contributed by atoms with Crippen molar-refractivity contribution in [2.24, 2.45) is 28.7 Å². The third-order valence-electron chi connectivity index (χ3n) is 3.70. The van der Waals surface area contributed by atoms with E-state index in [2.05, 4.69) is 5.32 Å². The smallest absolute Gasteiger partial charge is 0.231 e. The van der Waals surface area contributed by atoms with Gasteiger partial charge in [0.25, 0.3) is 0 Å². The summed E-state index contributed by atoms with van der Waals surface area (Å²) >= 11 is 0. The van der Waals surface area contributed by atoms with Crippen LogP contribution in [0.1, 0.15) is 20.3 Å². The van der Waals surface area contributed by atoms with Gasteiger partial charge >= 0.3 is 0 Å². The molecule has 0 aromatic heterocycles. The molecule has 2 amide bonds. The number of hydrogen-bond acceptors (Lipinski definition) is 4. The van der Waals surface area contributed by atoms with Gasteiger partial charge in [-0.3, -0.25) is 14.9 Å². The first-order valence-electron chi connectivity index (χ1n) is 5.26. The molecule has 0 aromatic rings. The zero-order valence-corrected chi connectivity index (χ0v) is 9.25. The van der Waals surface area contributed by atoms with E-state index in [-0.39, 0.29) is 36.7 Å². The second-order valence-corrected chi connectivity index (χ2v) is 4.29. The molecule has 5 nitrogen and oxygen atoms in total. The highest BCUT2D eigenvalue weighted by atomic mass is 16.2. The van der Waals surface area contributed by atoms with Gasteiger partial charge in [0, 0.05) is 13.1 Å². The minimum Gasteiger partial charge on any atom is -0.330 e. The molecule has 86 valence electrons. The topological polar surface area (TPSA) is 98.2 Å². The van der Waals surface area contributed by atoms with Gasteiger partial charge in [0.05, 0.1) is 11.8 Å². The van der Waals surface area contributed by atoms with Gasteiger partial charge in [0.1, 0.15) is 0 Å². The predicted octanol–water partition coefficient (Wildman–Crippen LogP) is -0.791. The Kier molecular flexibility index (Phi) is 3.46. The molecule has 1 aliphatic rings. The number of carbonyl (C=O) groups excluding carboxylic acids is 2. The maximum absolute atomic E-state index is 11.6. The van der Waals surface area contributed by atoms with E-state index in [9.17, 15) is 9.59 Å². The Bertz CT molecular complexity index is 256. The molecular weight excluding hydrogens is 194 g/mol. The summed E-state index contributed by atoms with van der Waals surface area (Å²) in [6, 6.07) is 0. The number of amides is 2. The summed E-state index contributed by atoms with van der Waals surface area (Å²) in [7, 11) is 0. The Balaban J connectivity index is 3.08. The molecule has 15 heavy (non-hydrogen) atoms. The van der Waals surface area contributed by atoms with Crippen molar-refractivity contribution in [3.8, 4) is 0 Å². The van der Waals surface area contributed by atoms with Crippen molar-refractivity contribution in [1.82, 2.24) is 5.32 Å². The SMILES string of the molecule is CCC1(C)C(CN)C(=O)NC(=O)C1CN. The van der Waals surface area contributed by atoms with Crippen LogP contribution in [0.2, 0.25) is 0 Å². The maximum Gasteiger partial charge on any atom is 0.231 e. The summed E-state index contributed by atoms with van der Waals surface area (Å²) in [6.45, 7) is 4.37. The summed E-state index contributed by atoms with van der Waals surface area (Å²) < 4.78 is 0. The van der Waals surface area contributed by atoms with Crippen LogP contribution in [0.25, 0.3) is 0 Å². The predicted molar refractivity (Wildman–Crippen MR) is 56.6 cm³/mol. The molecule has 1 saturated heterocycles. The van der Waals surface area contributed by atoms with Gasteiger partial charge in [-0.25, -0.2) is 0 Å². The second-order valence-electron chi connectivity index (χ2n) is 4.29. The van der Waals surface area contributed by atoms with E-state index in [1.54, 1.807) is 0 Å². The Hall–Kier alpha value is -0.940. The van der Waals surface area contributed by atoms with Gasteiger partial charge in [0.15, 0.2) is 0 Å².